The summed E-state index contributed by atoms with van der Waals surface area (Å²) in [6.07, 6.45) is 6.83. The molecule has 1 aromatic carbocycles. The van der Waals surface area contributed by atoms with Crippen molar-refractivity contribution in [1.29, 1.82) is 0 Å². The summed E-state index contributed by atoms with van der Waals surface area (Å²) in [5.74, 6) is 0.183. The number of benzene rings is 1. The summed E-state index contributed by atoms with van der Waals surface area (Å²) < 4.78 is 32.6. The van der Waals surface area contributed by atoms with E-state index in [-0.39, 0.29) is 22.1 Å². The van der Waals surface area contributed by atoms with Crippen molar-refractivity contribution in [3.63, 3.8) is 0 Å². The molecule has 0 atom stereocenters. The largest absolute Gasteiger partial charge is 0.360 e. The Bertz CT molecular complexity index is 1080. The SMILES string of the molecule is Cc1cccc(C2(CNC(=O)C3CCN(S(=O)(=O)c4c(C)noc4C)CC3)CCCCC2)c1. The van der Waals surface area contributed by atoms with Crippen molar-refractivity contribution in [3.8, 4) is 0 Å². The summed E-state index contributed by atoms with van der Waals surface area (Å²) in [7, 11) is -3.66. The molecule has 0 radical (unpaired) electrons. The van der Waals surface area contributed by atoms with E-state index in [0.717, 1.165) is 12.8 Å². The predicted molar refractivity (Wildman–Crippen MR) is 126 cm³/mol. The van der Waals surface area contributed by atoms with E-state index in [0.29, 0.717) is 43.9 Å². The van der Waals surface area contributed by atoms with E-state index in [1.807, 2.05) is 0 Å². The van der Waals surface area contributed by atoms with Crippen LogP contribution in [0.25, 0.3) is 0 Å². The van der Waals surface area contributed by atoms with E-state index in [2.05, 4.69) is 41.7 Å². The van der Waals surface area contributed by atoms with Gasteiger partial charge in [-0.3, -0.25) is 4.79 Å². The number of piperidine rings is 1. The number of sulfonamides is 1. The first-order valence-corrected chi connectivity index (χ1v) is 13.4. The number of carbonyl (C=O) groups excluding carboxylic acids is 1. The summed E-state index contributed by atoms with van der Waals surface area (Å²) in [5, 5.41) is 7.03. The van der Waals surface area contributed by atoms with Gasteiger partial charge in [0.25, 0.3) is 0 Å². The molecule has 0 bridgehead atoms. The molecular formula is C25H35N3O4S. The first-order chi connectivity index (χ1) is 15.7. The quantitative estimate of drug-likeness (QED) is 0.684. The van der Waals surface area contributed by atoms with Crippen LogP contribution in [0, 0.1) is 26.7 Å². The molecule has 1 aliphatic heterocycles. The fourth-order valence-electron chi connectivity index (χ4n) is 5.50. The highest BCUT2D eigenvalue weighted by Gasteiger charge is 2.37. The lowest BCUT2D eigenvalue weighted by atomic mass is 9.69. The minimum atomic E-state index is -3.66. The van der Waals surface area contributed by atoms with Gasteiger partial charge >= 0.3 is 0 Å². The third kappa shape index (κ3) is 4.87. The molecule has 8 heteroatoms. The Labute approximate surface area is 197 Å². The van der Waals surface area contributed by atoms with Crippen LogP contribution in [0.15, 0.2) is 33.7 Å². The van der Waals surface area contributed by atoms with Crippen molar-refractivity contribution in [2.75, 3.05) is 19.6 Å². The molecule has 1 saturated carbocycles. The standard InChI is InChI=1S/C25H35N3O4S/c1-18-8-7-9-22(16-18)25(12-5-4-6-13-25)17-26-24(29)21-10-14-28(15-11-21)33(30,31)23-19(2)27-32-20(23)3/h7-9,16,21H,4-6,10-15,17H2,1-3H3,(H,26,29). The fourth-order valence-corrected chi connectivity index (χ4v) is 7.26. The Kier molecular flexibility index (Phi) is 6.96. The summed E-state index contributed by atoms with van der Waals surface area (Å²) in [5.41, 5.74) is 2.94. The summed E-state index contributed by atoms with van der Waals surface area (Å²) >= 11 is 0. The third-order valence-corrected chi connectivity index (χ3v) is 9.58. The highest BCUT2D eigenvalue weighted by atomic mass is 32.2. The first kappa shape index (κ1) is 24.0. The summed E-state index contributed by atoms with van der Waals surface area (Å²) in [4.78, 5) is 13.2. The van der Waals surface area contributed by atoms with Crippen LogP contribution in [-0.2, 0) is 20.2 Å². The number of hydrogen-bond acceptors (Lipinski definition) is 5. The zero-order valence-corrected chi connectivity index (χ0v) is 20.7. The number of nitrogens with one attached hydrogen (secondary N) is 1. The van der Waals surface area contributed by atoms with Crippen LogP contribution < -0.4 is 5.32 Å². The lowest BCUT2D eigenvalue weighted by molar-refractivity contribution is -0.126. The molecule has 4 rings (SSSR count). The molecular weight excluding hydrogens is 438 g/mol. The summed E-state index contributed by atoms with van der Waals surface area (Å²) in [6.45, 7) is 6.66. The normalized spacial score (nSPS) is 20.0. The number of aromatic nitrogens is 1. The van der Waals surface area contributed by atoms with Crippen LogP contribution in [0.3, 0.4) is 0 Å². The maximum atomic E-state index is 13.1. The molecule has 0 unspecified atom stereocenters. The van der Waals surface area contributed by atoms with Gasteiger partial charge in [0.2, 0.25) is 15.9 Å². The van der Waals surface area contributed by atoms with Crippen molar-refractivity contribution in [1.82, 2.24) is 14.8 Å². The molecule has 33 heavy (non-hydrogen) atoms. The van der Waals surface area contributed by atoms with E-state index in [1.165, 1.54) is 34.7 Å². The Morgan fingerprint density at radius 2 is 1.85 bits per heavy atom. The molecule has 1 aliphatic carbocycles. The van der Waals surface area contributed by atoms with Gasteiger partial charge in [0, 0.05) is 31.0 Å². The van der Waals surface area contributed by atoms with Gasteiger partial charge in [0.15, 0.2) is 5.76 Å². The van der Waals surface area contributed by atoms with Crippen molar-refractivity contribution >= 4 is 15.9 Å². The zero-order chi connectivity index (χ0) is 23.6. The van der Waals surface area contributed by atoms with Gasteiger partial charge in [-0.05, 0) is 52.0 Å². The van der Waals surface area contributed by atoms with Gasteiger partial charge in [-0.1, -0.05) is 54.2 Å². The topological polar surface area (TPSA) is 92.5 Å². The van der Waals surface area contributed by atoms with Crippen LogP contribution in [0.2, 0.25) is 0 Å². The van der Waals surface area contributed by atoms with Crippen molar-refractivity contribution in [2.24, 2.45) is 5.92 Å². The molecule has 0 spiro atoms. The van der Waals surface area contributed by atoms with Crippen molar-refractivity contribution < 1.29 is 17.7 Å². The number of aryl methyl sites for hydroxylation is 3. The average Bonchev–Trinajstić information content (AvgIpc) is 3.16. The van der Waals surface area contributed by atoms with Crippen LogP contribution >= 0.6 is 0 Å². The lowest BCUT2D eigenvalue weighted by Crippen LogP contribution is -2.47. The number of amides is 1. The Morgan fingerprint density at radius 1 is 1.15 bits per heavy atom. The Balaban J connectivity index is 1.39. The Hall–Kier alpha value is -2.19. The molecule has 2 heterocycles. The monoisotopic (exact) mass is 473 g/mol. The van der Waals surface area contributed by atoms with E-state index in [9.17, 15) is 13.2 Å². The van der Waals surface area contributed by atoms with Gasteiger partial charge in [0.05, 0.1) is 0 Å². The molecule has 7 nitrogen and oxygen atoms in total. The molecule has 1 saturated heterocycles. The predicted octanol–water partition coefficient (Wildman–Crippen LogP) is 4.02. The Morgan fingerprint density at radius 3 is 2.45 bits per heavy atom. The molecule has 2 aliphatic rings. The highest BCUT2D eigenvalue weighted by Crippen LogP contribution is 2.39. The van der Waals surface area contributed by atoms with E-state index in [4.69, 9.17) is 4.52 Å². The van der Waals surface area contributed by atoms with Gasteiger partial charge in [0.1, 0.15) is 10.6 Å². The minimum Gasteiger partial charge on any atom is -0.360 e. The third-order valence-electron chi connectivity index (χ3n) is 7.43. The van der Waals surface area contributed by atoms with Crippen LogP contribution in [0.5, 0.6) is 0 Å². The maximum Gasteiger partial charge on any atom is 0.248 e. The van der Waals surface area contributed by atoms with E-state index < -0.39 is 10.0 Å². The minimum absolute atomic E-state index is 0.00664. The zero-order valence-electron chi connectivity index (χ0n) is 19.9. The van der Waals surface area contributed by atoms with Gasteiger partial charge in [-0.2, -0.15) is 4.31 Å². The molecule has 1 N–H and O–H groups in total. The summed E-state index contributed by atoms with van der Waals surface area (Å²) in [6, 6.07) is 8.68. The number of carbonyl (C=O) groups is 1. The average molecular weight is 474 g/mol. The molecule has 2 fully saturated rings. The van der Waals surface area contributed by atoms with E-state index >= 15 is 0 Å². The van der Waals surface area contributed by atoms with E-state index in [1.54, 1.807) is 13.8 Å². The fraction of sp³-hybridized carbons (Fsp3) is 0.600. The smallest absolute Gasteiger partial charge is 0.248 e. The molecule has 180 valence electrons. The second kappa shape index (κ2) is 9.58. The second-order valence-electron chi connectivity index (χ2n) is 9.76. The number of rotatable bonds is 6. The molecule has 1 aromatic heterocycles. The van der Waals surface area contributed by atoms with Crippen LogP contribution in [0.1, 0.15) is 67.5 Å². The molecule has 1 amide bonds. The van der Waals surface area contributed by atoms with Crippen molar-refractivity contribution in [2.45, 2.75) is 76.0 Å². The second-order valence-corrected chi connectivity index (χ2v) is 11.6. The van der Waals surface area contributed by atoms with Gasteiger partial charge in [-0.25, -0.2) is 8.42 Å². The van der Waals surface area contributed by atoms with Crippen LogP contribution in [0.4, 0.5) is 0 Å². The van der Waals surface area contributed by atoms with Gasteiger partial charge < -0.3 is 9.84 Å². The lowest BCUT2D eigenvalue weighted by Gasteiger charge is -2.39. The number of nitrogens with zero attached hydrogens (tertiary/aromatic N) is 2. The van der Waals surface area contributed by atoms with Crippen LogP contribution in [-0.4, -0.2) is 43.4 Å². The first-order valence-electron chi connectivity index (χ1n) is 12.0. The van der Waals surface area contributed by atoms with Crippen molar-refractivity contribution in [3.05, 3.63) is 46.8 Å². The maximum absolute atomic E-state index is 13.1. The number of hydrogen-bond donors (Lipinski definition) is 1. The molecule has 2 aromatic rings. The van der Waals surface area contributed by atoms with Gasteiger partial charge in [-0.15, -0.1) is 0 Å². The highest BCUT2D eigenvalue weighted by molar-refractivity contribution is 7.89.